The molecule has 2 aromatic rings. The maximum absolute atomic E-state index is 11.9. The fraction of sp³-hybridized carbons (Fsp3) is 0.286. The molecule has 6 nitrogen and oxygen atoms in total. The largest absolute Gasteiger partial charge is 0.454 e. The standard InChI is InChI=1S/C14H13N3O3/c1-7-10-5-4-6-11(12(10)13(18)19-7)20-14-16-8(2)15-9(3)17-14/h4-7H,1-3H3. The van der Waals surface area contributed by atoms with Crippen molar-refractivity contribution in [1.29, 1.82) is 0 Å². The minimum atomic E-state index is -0.384. The summed E-state index contributed by atoms with van der Waals surface area (Å²) in [5.41, 5.74) is 1.26. The van der Waals surface area contributed by atoms with Gasteiger partial charge in [-0.3, -0.25) is 0 Å². The topological polar surface area (TPSA) is 74.2 Å². The van der Waals surface area contributed by atoms with Gasteiger partial charge in [0.15, 0.2) is 0 Å². The van der Waals surface area contributed by atoms with E-state index in [9.17, 15) is 4.79 Å². The summed E-state index contributed by atoms with van der Waals surface area (Å²) in [7, 11) is 0. The highest BCUT2D eigenvalue weighted by atomic mass is 16.6. The highest BCUT2D eigenvalue weighted by Gasteiger charge is 2.31. The number of aromatic nitrogens is 3. The van der Waals surface area contributed by atoms with Crippen LogP contribution in [0.3, 0.4) is 0 Å². The Kier molecular flexibility index (Phi) is 2.85. The molecular weight excluding hydrogens is 258 g/mol. The molecule has 0 saturated heterocycles. The van der Waals surface area contributed by atoms with E-state index in [1.165, 1.54) is 0 Å². The van der Waals surface area contributed by atoms with E-state index in [-0.39, 0.29) is 18.1 Å². The number of nitrogens with zero attached hydrogens (tertiary/aromatic N) is 3. The van der Waals surface area contributed by atoms with Crippen LogP contribution in [0, 0.1) is 13.8 Å². The van der Waals surface area contributed by atoms with Gasteiger partial charge in [-0.1, -0.05) is 12.1 Å². The van der Waals surface area contributed by atoms with E-state index in [0.717, 1.165) is 5.56 Å². The van der Waals surface area contributed by atoms with Gasteiger partial charge in [0.05, 0.1) is 0 Å². The molecule has 1 aliphatic heterocycles. The second-order valence-electron chi connectivity index (χ2n) is 4.58. The van der Waals surface area contributed by atoms with E-state index in [1.807, 2.05) is 19.1 Å². The first-order chi connectivity index (χ1) is 9.54. The minimum absolute atomic E-state index is 0.177. The van der Waals surface area contributed by atoms with Crippen LogP contribution in [-0.4, -0.2) is 20.9 Å². The van der Waals surface area contributed by atoms with Crippen LogP contribution in [0.1, 0.15) is 40.6 Å². The van der Waals surface area contributed by atoms with Crippen LogP contribution >= 0.6 is 0 Å². The fourth-order valence-electron chi connectivity index (χ4n) is 2.20. The molecule has 0 aliphatic carbocycles. The molecule has 0 saturated carbocycles. The summed E-state index contributed by atoms with van der Waals surface area (Å²) in [5.74, 6) is 1.15. The quantitative estimate of drug-likeness (QED) is 0.781. The third-order valence-electron chi connectivity index (χ3n) is 3.02. The molecule has 3 rings (SSSR count). The van der Waals surface area contributed by atoms with Crippen LogP contribution in [-0.2, 0) is 4.74 Å². The number of hydrogen-bond acceptors (Lipinski definition) is 6. The zero-order valence-corrected chi connectivity index (χ0v) is 11.4. The Hall–Kier alpha value is -2.50. The summed E-state index contributed by atoms with van der Waals surface area (Å²) in [6.45, 7) is 5.34. The third kappa shape index (κ3) is 2.09. The van der Waals surface area contributed by atoms with E-state index in [1.54, 1.807) is 19.9 Å². The molecule has 1 aliphatic rings. The number of benzene rings is 1. The summed E-state index contributed by atoms with van der Waals surface area (Å²) >= 11 is 0. The lowest BCUT2D eigenvalue weighted by Crippen LogP contribution is -2.02. The molecule has 0 bridgehead atoms. The third-order valence-corrected chi connectivity index (χ3v) is 3.02. The lowest BCUT2D eigenvalue weighted by molar-refractivity contribution is 0.0420. The number of hydrogen-bond donors (Lipinski definition) is 0. The monoisotopic (exact) mass is 271 g/mol. The van der Waals surface area contributed by atoms with Gasteiger partial charge >= 0.3 is 12.0 Å². The average Bonchev–Trinajstić information content (AvgIpc) is 2.65. The average molecular weight is 271 g/mol. The van der Waals surface area contributed by atoms with Crippen LogP contribution in [0.5, 0.6) is 11.8 Å². The lowest BCUT2D eigenvalue weighted by atomic mass is 10.1. The molecular formula is C14H13N3O3. The molecule has 0 N–H and O–H groups in total. The first-order valence-corrected chi connectivity index (χ1v) is 6.25. The predicted molar refractivity (Wildman–Crippen MR) is 69.6 cm³/mol. The van der Waals surface area contributed by atoms with Gasteiger partial charge in [-0.2, -0.15) is 9.97 Å². The summed E-state index contributed by atoms with van der Waals surface area (Å²) < 4.78 is 10.8. The summed E-state index contributed by atoms with van der Waals surface area (Å²) in [4.78, 5) is 24.2. The maximum Gasteiger partial charge on any atom is 0.342 e. The number of ether oxygens (including phenoxy) is 2. The Morgan fingerprint density at radius 1 is 1.15 bits per heavy atom. The molecule has 102 valence electrons. The number of carbonyl (C=O) groups excluding carboxylic acids is 1. The van der Waals surface area contributed by atoms with Crippen molar-refractivity contribution in [2.24, 2.45) is 0 Å². The molecule has 20 heavy (non-hydrogen) atoms. The summed E-state index contributed by atoms with van der Waals surface area (Å²) in [5, 5.41) is 0. The molecule has 0 fully saturated rings. The van der Waals surface area contributed by atoms with Gasteiger partial charge in [-0.15, -0.1) is 0 Å². The van der Waals surface area contributed by atoms with Crippen molar-refractivity contribution in [3.05, 3.63) is 41.0 Å². The normalized spacial score (nSPS) is 16.8. The number of rotatable bonds is 2. The summed E-state index contributed by atoms with van der Waals surface area (Å²) in [6.07, 6.45) is -0.261. The first kappa shape index (κ1) is 12.5. The first-order valence-electron chi connectivity index (χ1n) is 6.25. The van der Waals surface area contributed by atoms with Gasteiger partial charge in [0.2, 0.25) is 0 Å². The predicted octanol–water partition coefficient (Wildman–Crippen LogP) is 2.51. The number of cyclic esters (lactones) is 1. The second kappa shape index (κ2) is 4.56. The molecule has 1 atom stereocenters. The van der Waals surface area contributed by atoms with Crippen molar-refractivity contribution in [3.63, 3.8) is 0 Å². The zero-order chi connectivity index (χ0) is 14.3. The van der Waals surface area contributed by atoms with Crippen molar-refractivity contribution < 1.29 is 14.3 Å². The van der Waals surface area contributed by atoms with E-state index in [0.29, 0.717) is 23.0 Å². The van der Waals surface area contributed by atoms with Gasteiger partial charge in [-0.25, -0.2) is 9.78 Å². The Morgan fingerprint density at radius 3 is 2.55 bits per heavy atom. The maximum atomic E-state index is 11.9. The van der Waals surface area contributed by atoms with Gasteiger partial charge < -0.3 is 9.47 Å². The van der Waals surface area contributed by atoms with E-state index < -0.39 is 0 Å². The smallest absolute Gasteiger partial charge is 0.342 e. The van der Waals surface area contributed by atoms with Crippen molar-refractivity contribution in [1.82, 2.24) is 15.0 Å². The Morgan fingerprint density at radius 2 is 1.85 bits per heavy atom. The van der Waals surface area contributed by atoms with E-state index in [2.05, 4.69) is 15.0 Å². The van der Waals surface area contributed by atoms with E-state index >= 15 is 0 Å². The van der Waals surface area contributed by atoms with E-state index in [4.69, 9.17) is 9.47 Å². The fourth-order valence-corrected chi connectivity index (χ4v) is 2.20. The van der Waals surface area contributed by atoms with Crippen molar-refractivity contribution in [2.45, 2.75) is 26.9 Å². The number of aryl methyl sites for hydroxylation is 2. The van der Waals surface area contributed by atoms with Crippen LogP contribution in [0.15, 0.2) is 18.2 Å². The van der Waals surface area contributed by atoms with Crippen molar-refractivity contribution in [3.8, 4) is 11.8 Å². The Balaban J connectivity index is 2.02. The molecule has 2 heterocycles. The molecule has 1 unspecified atom stereocenters. The molecule has 6 heteroatoms. The highest BCUT2D eigenvalue weighted by Crippen LogP contribution is 2.37. The number of carbonyl (C=O) groups is 1. The highest BCUT2D eigenvalue weighted by molar-refractivity contribution is 5.97. The minimum Gasteiger partial charge on any atom is -0.454 e. The molecule has 0 amide bonds. The molecule has 1 aromatic carbocycles. The van der Waals surface area contributed by atoms with Gasteiger partial charge in [0, 0.05) is 5.56 Å². The molecule has 0 radical (unpaired) electrons. The van der Waals surface area contributed by atoms with Crippen molar-refractivity contribution >= 4 is 5.97 Å². The molecule has 1 aromatic heterocycles. The molecule has 0 spiro atoms. The van der Waals surface area contributed by atoms with Crippen LogP contribution in [0.25, 0.3) is 0 Å². The zero-order valence-electron chi connectivity index (χ0n) is 11.4. The summed E-state index contributed by atoms with van der Waals surface area (Å²) in [6, 6.07) is 5.54. The van der Waals surface area contributed by atoms with Crippen LogP contribution < -0.4 is 4.74 Å². The lowest BCUT2D eigenvalue weighted by Gasteiger charge is -2.07. The van der Waals surface area contributed by atoms with Gasteiger partial charge in [0.1, 0.15) is 29.1 Å². The Bertz CT molecular complexity index is 680. The van der Waals surface area contributed by atoms with Crippen LogP contribution in [0.2, 0.25) is 0 Å². The number of esters is 1. The SMILES string of the molecule is Cc1nc(C)nc(Oc2cccc3c2C(=O)OC3C)n1. The second-order valence-corrected chi connectivity index (χ2v) is 4.58. The van der Waals surface area contributed by atoms with Gasteiger partial charge in [0.25, 0.3) is 0 Å². The van der Waals surface area contributed by atoms with Gasteiger partial charge in [-0.05, 0) is 26.8 Å². The number of fused-ring (bicyclic) bond motifs is 1. The Labute approximate surface area is 115 Å². The van der Waals surface area contributed by atoms with Crippen LogP contribution in [0.4, 0.5) is 0 Å². The van der Waals surface area contributed by atoms with Crippen molar-refractivity contribution in [2.75, 3.05) is 0 Å².